The second-order valence-electron chi connectivity index (χ2n) is 4.51. The topological polar surface area (TPSA) is 34.1 Å². The van der Waals surface area contributed by atoms with E-state index in [4.69, 9.17) is 4.74 Å². The molecule has 0 aliphatic carbocycles. The molecule has 2 heterocycles. The molecule has 1 unspecified atom stereocenters. The summed E-state index contributed by atoms with van der Waals surface area (Å²) in [4.78, 5) is 5.57. The van der Waals surface area contributed by atoms with Gasteiger partial charge in [0.25, 0.3) is 0 Å². The highest BCUT2D eigenvalue weighted by Gasteiger charge is 2.09. The molecule has 0 bridgehead atoms. The summed E-state index contributed by atoms with van der Waals surface area (Å²) < 4.78 is 5.41. The summed E-state index contributed by atoms with van der Waals surface area (Å²) in [7, 11) is 0. The van der Waals surface area contributed by atoms with Crippen LogP contribution in [0.5, 0.6) is 5.88 Å². The maximum atomic E-state index is 5.41. The zero-order valence-electron chi connectivity index (χ0n) is 11.6. The molecule has 4 heteroatoms. The minimum absolute atomic E-state index is 0.365. The third kappa shape index (κ3) is 3.78. The van der Waals surface area contributed by atoms with Crippen molar-refractivity contribution in [2.24, 2.45) is 0 Å². The summed E-state index contributed by atoms with van der Waals surface area (Å²) in [6.45, 7) is 7.79. The van der Waals surface area contributed by atoms with Crippen LogP contribution in [0.4, 0.5) is 0 Å². The highest BCUT2D eigenvalue weighted by atomic mass is 32.1. The van der Waals surface area contributed by atoms with Crippen LogP contribution in [0.15, 0.2) is 29.8 Å². The van der Waals surface area contributed by atoms with Crippen LogP contribution in [0, 0.1) is 6.92 Å². The predicted octanol–water partition coefficient (Wildman–Crippen LogP) is 3.70. The van der Waals surface area contributed by atoms with Crippen molar-refractivity contribution in [3.63, 3.8) is 0 Å². The average Bonchev–Trinajstić information content (AvgIpc) is 2.83. The molecule has 1 N–H and O–H groups in total. The molecule has 2 aromatic heterocycles. The van der Waals surface area contributed by atoms with Crippen LogP contribution < -0.4 is 10.1 Å². The van der Waals surface area contributed by atoms with E-state index in [2.05, 4.69) is 35.6 Å². The molecule has 0 amide bonds. The third-order valence-electron chi connectivity index (χ3n) is 3.00. The Hall–Kier alpha value is -1.39. The van der Waals surface area contributed by atoms with E-state index in [0.29, 0.717) is 18.5 Å². The van der Waals surface area contributed by atoms with Gasteiger partial charge in [0.05, 0.1) is 6.61 Å². The van der Waals surface area contributed by atoms with Gasteiger partial charge in [0.15, 0.2) is 0 Å². The fourth-order valence-corrected chi connectivity index (χ4v) is 2.94. The first-order valence-corrected chi connectivity index (χ1v) is 7.43. The van der Waals surface area contributed by atoms with Crippen LogP contribution in [-0.2, 0) is 6.54 Å². The third-order valence-corrected chi connectivity index (χ3v) is 4.20. The van der Waals surface area contributed by atoms with Gasteiger partial charge in [0.1, 0.15) is 0 Å². The van der Waals surface area contributed by atoms with E-state index >= 15 is 0 Å². The van der Waals surface area contributed by atoms with Crippen molar-refractivity contribution in [3.8, 4) is 5.88 Å². The number of hydrogen-bond donors (Lipinski definition) is 1. The molecule has 0 fully saturated rings. The van der Waals surface area contributed by atoms with Crippen molar-refractivity contribution < 1.29 is 4.74 Å². The van der Waals surface area contributed by atoms with Crippen molar-refractivity contribution in [3.05, 3.63) is 45.8 Å². The number of ether oxygens (including phenoxy) is 1. The average molecular weight is 276 g/mol. The van der Waals surface area contributed by atoms with Crippen LogP contribution in [0.3, 0.4) is 0 Å². The molecule has 2 rings (SSSR count). The van der Waals surface area contributed by atoms with E-state index in [-0.39, 0.29) is 0 Å². The number of hydrogen-bond acceptors (Lipinski definition) is 4. The van der Waals surface area contributed by atoms with Gasteiger partial charge in [-0.15, -0.1) is 11.3 Å². The summed E-state index contributed by atoms with van der Waals surface area (Å²) in [5.74, 6) is 0.696. The fourth-order valence-electron chi connectivity index (χ4n) is 1.98. The van der Waals surface area contributed by atoms with Crippen molar-refractivity contribution in [1.82, 2.24) is 10.3 Å². The lowest BCUT2D eigenvalue weighted by Crippen LogP contribution is -2.17. The summed E-state index contributed by atoms with van der Waals surface area (Å²) in [5, 5.41) is 5.68. The standard InChI is InChI=1S/C15H20N2OS/c1-4-18-14-9-13(5-7-16-14)10-17-12(3)15-11(2)6-8-19-15/h5-9,12,17H,4,10H2,1-3H3. The van der Waals surface area contributed by atoms with Crippen LogP contribution >= 0.6 is 11.3 Å². The minimum atomic E-state index is 0.365. The summed E-state index contributed by atoms with van der Waals surface area (Å²) in [5.41, 5.74) is 2.55. The molecule has 0 saturated heterocycles. The number of aromatic nitrogens is 1. The Bertz CT molecular complexity index is 524. The SMILES string of the molecule is CCOc1cc(CNC(C)c2sccc2C)ccn1. The normalized spacial score (nSPS) is 12.4. The quantitative estimate of drug-likeness (QED) is 0.873. The lowest BCUT2D eigenvalue weighted by molar-refractivity contribution is 0.326. The number of thiophene rings is 1. The number of nitrogens with zero attached hydrogens (tertiary/aromatic N) is 1. The van der Waals surface area contributed by atoms with Crippen LogP contribution in [-0.4, -0.2) is 11.6 Å². The lowest BCUT2D eigenvalue weighted by atomic mass is 10.2. The molecule has 0 spiro atoms. The largest absolute Gasteiger partial charge is 0.478 e. The highest BCUT2D eigenvalue weighted by Crippen LogP contribution is 2.23. The number of nitrogens with one attached hydrogen (secondary N) is 1. The van der Waals surface area contributed by atoms with Crippen molar-refractivity contribution in [2.75, 3.05) is 6.61 Å². The van der Waals surface area contributed by atoms with E-state index in [9.17, 15) is 0 Å². The second-order valence-corrected chi connectivity index (χ2v) is 5.45. The molecule has 3 nitrogen and oxygen atoms in total. The van der Waals surface area contributed by atoms with E-state index in [1.54, 1.807) is 17.5 Å². The van der Waals surface area contributed by atoms with Crippen molar-refractivity contribution >= 4 is 11.3 Å². The van der Waals surface area contributed by atoms with Crippen molar-refractivity contribution in [2.45, 2.75) is 33.4 Å². The van der Waals surface area contributed by atoms with Gasteiger partial charge in [-0.2, -0.15) is 0 Å². The summed E-state index contributed by atoms with van der Waals surface area (Å²) in [6.07, 6.45) is 1.79. The first kappa shape index (κ1) is 14.0. The number of pyridine rings is 1. The number of aryl methyl sites for hydroxylation is 1. The molecule has 0 aliphatic rings. The van der Waals surface area contributed by atoms with E-state index in [1.165, 1.54) is 16.0 Å². The molecular weight excluding hydrogens is 256 g/mol. The zero-order valence-corrected chi connectivity index (χ0v) is 12.5. The van der Waals surface area contributed by atoms with Gasteiger partial charge < -0.3 is 10.1 Å². The first-order valence-electron chi connectivity index (χ1n) is 6.55. The fraction of sp³-hybridized carbons (Fsp3) is 0.400. The Morgan fingerprint density at radius 1 is 1.42 bits per heavy atom. The van der Waals surface area contributed by atoms with Gasteiger partial charge in [-0.05, 0) is 49.4 Å². The molecular formula is C15H20N2OS. The maximum Gasteiger partial charge on any atom is 0.213 e. The molecule has 0 radical (unpaired) electrons. The van der Waals surface area contributed by atoms with Gasteiger partial charge in [-0.1, -0.05) is 0 Å². The smallest absolute Gasteiger partial charge is 0.213 e. The van der Waals surface area contributed by atoms with Gasteiger partial charge >= 0.3 is 0 Å². The van der Waals surface area contributed by atoms with Gasteiger partial charge in [-0.3, -0.25) is 0 Å². The van der Waals surface area contributed by atoms with E-state index in [1.807, 2.05) is 19.1 Å². The molecule has 0 aromatic carbocycles. The van der Waals surface area contributed by atoms with E-state index in [0.717, 1.165) is 6.54 Å². The van der Waals surface area contributed by atoms with Gasteiger partial charge in [0, 0.05) is 29.7 Å². The number of rotatable bonds is 6. The molecule has 2 aromatic rings. The Labute approximate surface area is 118 Å². The van der Waals surface area contributed by atoms with Crippen LogP contribution in [0.2, 0.25) is 0 Å². The Kier molecular flexibility index (Phi) is 4.93. The monoisotopic (exact) mass is 276 g/mol. The van der Waals surface area contributed by atoms with Crippen LogP contribution in [0.1, 0.15) is 35.9 Å². The summed E-state index contributed by atoms with van der Waals surface area (Å²) in [6, 6.07) is 6.54. The lowest BCUT2D eigenvalue weighted by Gasteiger charge is -2.14. The van der Waals surface area contributed by atoms with Crippen molar-refractivity contribution in [1.29, 1.82) is 0 Å². The summed E-state index contributed by atoms with van der Waals surface area (Å²) >= 11 is 1.80. The van der Waals surface area contributed by atoms with Gasteiger partial charge in [0.2, 0.25) is 5.88 Å². The zero-order chi connectivity index (χ0) is 13.7. The molecule has 0 aliphatic heterocycles. The Morgan fingerprint density at radius 3 is 2.95 bits per heavy atom. The molecule has 19 heavy (non-hydrogen) atoms. The molecule has 1 atom stereocenters. The van der Waals surface area contributed by atoms with Gasteiger partial charge in [-0.25, -0.2) is 4.98 Å². The predicted molar refractivity (Wildman–Crippen MR) is 79.7 cm³/mol. The van der Waals surface area contributed by atoms with Crippen LogP contribution in [0.25, 0.3) is 0 Å². The first-order chi connectivity index (χ1) is 9.20. The highest BCUT2D eigenvalue weighted by molar-refractivity contribution is 7.10. The minimum Gasteiger partial charge on any atom is -0.478 e. The van der Waals surface area contributed by atoms with E-state index < -0.39 is 0 Å². The Morgan fingerprint density at radius 2 is 2.26 bits per heavy atom. The maximum absolute atomic E-state index is 5.41. The molecule has 102 valence electrons. The molecule has 0 saturated carbocycles. The Balaban J connectivity index is 1.95. The second kappa shape index (κ2) is 6.68.